The van der Waals surface area contributed by atoms with E-state index in [4.69, 9.17) is 16.3 Å². The van der Waals surface area contributed by atoms with E-state index in [0.717, 1.165) is 5.56 Å². The maximum absolute atomic E-state index is 13.3. The van der Waals surface area contributed by atoms with E-state index in [9.17, 15) is 8.78 Å². The second-order valence-electron chi connectivity index (χ2n) is 5.71. The molecule has 0 saturated carbocycles. The van der Waals surface area contributed by atoms with Crippen LogP contribution in [0.25, 0.3) is 0 Å². The minimum atomic E-state index is -0.363. The van der Waals surface area contributed by atoms with Gasteiger partial charge >= 0.3 is 0 Å². The fourth-order valence-electron chi connectivity index (χ4n) is 2.68. The van der Waals surface area contributed by atoms with Crippen molar-refractivity contribution >= 4 is 11.6 Å². The van der Waals surface area contributed by atoms with Crippen LogP contribution in [0.3, 0.4) is 0 Å². The van der Waals surface area contributed by atoms with Gasteiger partial charge in [0.2, 0.25) is 0 Å². The molecule has 0 aliphatic heterocycles. The minimum Gasteiger partial charge on any atom is -0.494 e. The number of ether oxygens (including phenoxy) is 1. The number of hydrogen-bond donors (Lipinski definition) is 0. The Morgan fingerprint density at radius 1 is 1.08 bits per heavy atom. The Hall–Kier alpha value is -2.40. The van der Waals surface area contributed by atoms with Crippen LogP contribution in [0, 0.1) is 11.6 Å². The minimum absolute atomic E-state index is 0.0303. The summed E-state index contributed by atoms with van der Waals surface area (Å²) in [5.74, 6) is -0.0307. The molecule has 0 fully saturated rings. The van der Waals surface area contributed by atoms with Gasteiger partial charge in [0.1, 0.15) is 17.4 Å². The number of halogens is 3. The van der Waals surface area contributed by atoms with Crippen LogP contribution in [0.15, 0.2) is 61.2 Å². The molecule has 0 radical (unpaired) electrons. The molecular formula is C19H17ClF2N2O. The van der Waals surface area contributed by atoms with Crippen molar-refractivity contribution in [2.75, 3.05) is 6.61 Å². The van der Waals surface area contributed by atoms with Crippen molar-refractivity contribution in [1.29, 1.82) is 0 Å². The highest BCUT2D eigenvalue weighted by Crippen LogP contribution is 2.29. The molecule has 3 nitrogen and oxygen atoms in total. The van der Waals surface area contributed by atoms with E-state index in [0.29, 0.717) is 30.3 Å². The Kier molecular flexibility index (Phi) is 5.66. The Labute approximate surface area is 149 Å². The predicted octanol–water partition coefficient (Wildman–Crippen LogP) is 5.07. The topological polar surface area (TPSA) is 27.1 Å². The Balaban J connectivity index is 1.70. The van der Waals surface area contributed by atoms with Crippen LogP contribution >= 0.6 is 11.6 Å². The Morgan fingerprint density at radius 3 is 2.52 bits per heavy atom. The van der Waals surface area contributed by atoms with Crippen molar-refractivity contribution in [2.24, 2.45) is 0 Å². The summed E-state index contributed by atoms with van der Waals surface area (Å²) in [6.07, 6.45) is 5.97. The predicted molar refractivity (Wildman–Crippen MR) is 92.9 cm³/mol. The van der Waals surface area contributed by atoms with Gasteiger partial charge in [0.05, 0.1) is 12.9 Å². The summed E-state index contributed by atoms with van der Waals surface area (Å²) < 4.78 is 33.9. The molecule has 3 rings (SSSR count). The first-order valence-corrected chi connectivity index (χ1v) is 8.28. The van der Waals surface area contributed by atoms with Gasteiger partial charge in [-0.05, 0) is 48.4 Å². The van der Waals surface area contributed by atoms with E-state index in [1.165, 1.54) is 24.3 Å². The van der Waals surface area contributed by atoms with E-state index in [-0.39, 0.29) is 17.6 Å². The van der Waals surface area contributed by atoms with Crippen molar-refractivity contribution in [3.05, 3.63) is 83.4 Å². The number of rotatable bonds is 7. The molecule has 0 amide bonds. The molecular weight excluding hydrogens is 346 g/mol. The molecule has 3 aromatic rings. The lowest BCUT2D eigenvalue weighted by molar-refractivity contribution is 0.290. The Bertz CT molecular complexity index is 807. The van der Waals surface area contributed by atoms with Gasteiger partial charge in [-0.3, -0.25) is 0 Å². The third kappa shape index (κ3) is 4.79. The molecule has 1 heterocycles. The zero-order valence-electron chi connectivity index (χ0n) is 13.4. The lowest BCUT2D eigenvalue weighted by Gasteiger charge is -2.19. The van der Waals surface area contributed by atoms with E-state index in [1.807, 2.05) is 10.8 Å². The van der Waals surface area contributed by atoms with Gasteiger partial charge in [-0.15, -0.1) is 0 Å². The summed E-state index contributed by atoms with van der Waals surface area (Å²) in [6, 6.07) is 10.3. The van der Waals surface area contributed by atoms with Crippen LogP contribution in [0.2, 0.25) is 5.02 Å². The second-order valence-corrected chi connectivity index (χ2v) is 6.12. The largest absolute Gasteiger partial charge is 0.494 e. The maximum Gasteiger partial charge on any atom is 0.124 e. The molecule has 2 aromatic carbocycles. The average molecular weight is 363 g/mol. The number of imidazole rings is 1. The molecule has 0 aliphatic carbocycles. The highest BCUT2D eigenvalue weighted by molar-refractivity contribution is 6.31. The summed E-state index contributed by atoms with van der Waals surface area (Å²) in [5, 5.41) is 0.395. The number of benzene rings is 2. The van der Waals surface area contributed by atoms with Gasteiger partial charge in [-0.2, -0.15) is 0 Å². The first-order chi connectivity index (χ1) is 12.1. The zero-order valence-corrected chi connectivity index (χ0v) is 14.2. The third-order valence-corrected chi connectivity index (χ3v) is 4.27. The lowest BCUT2D eigenvalue weighted by Crippen LogP contribution is -2.13. The highest BCUT2D eigenvalue weighted by Gasteiger charge is 2.16. The quantitative estimate of drug-likeness (QED) is 0.587. The highest BCUT2D eigenvalue weighted by atomic mass is 35.5. The number of nitrogens with zero attached hydrogens (tertiary/aromatic N) is 2. The summed E-state index contributed by atoms with van der Waals surface area (Å²) in [4.78, 5) is 4.04. The zero-order chi connectivity index (χ0) is 17.6. The Morgan fingerprint density at radius 2 is 1.84 bits per heavy atom. The number of aromatic nitrogens is 2. The molecule has 0 saturated heterocycles. The van der Waals surface area contributed by atoms with Gasteiger partial charge in [-0.1, -0.05) is 17.7 Å². The van der Waals surface area contributed by atoms with Gasteiger partial charge in [0, 0.05) is 29.9 Å². The fourth-order valence-corrected chi connectivity index (χ4v) is 3.00. The molecule has 1 unspecified atom stereocenters. The van der Waals surface area contributed by atoms with Crippen LogP contribution in [0.4, 0.5) is 8.78 Å². The summed E-state index contributed by atoms with van der Waals surface area (Å²) in [7, 11) is 0. The standard InChI is InChI=1S/C19H17ClF2N2O/c20-19-11-16(22)3-6-18(19)14(12-24-9-8-23-13-24)7-10-25-17-4-1-15(21)2-5-17/h1-6,8-9,11,13-14H,7,10,12H2. The molecule has 1 atom stereocenters. The van der Waals surface area contributed by atoms with Crippen molar-refractivity contribution in [3.63, 3.8) is 0 Å². The van der Waals surface area contributed by atoms with Crippen LogP contribution in [-0.2, 0) is 6.54 Å². The first-order valence-electron chi connectivity index (χ1n) is 7.91. The van der Waals surface area contributed by atoms with Crippen molar-refractivity contribution in [2.45, 2.75) is 18.9 Å². The molecule has 0 spiro atoms. The van der Waals surface area contributed by atoms with Crippen molar-refractivity contribution < 1.29 is 13.5 Å². The molecule has 0 aliphatic rings. The second kappa shape index (κ2) is 8.12. The molecule has 0 bridgehead atoms. The molecule has 0 N–H and O–H groups in total. The van der Waals surface area contributed by atoms with Crippen LogP contribution in [0.1, 0.15) is 17.9 Å². The van der Waals surface area contributed by atoms with E-state index < -0.39 is 0 Å². The van der Waals surface area contributed by atoms with Gasteiger partial charge in [0.15, 0.2) is 0 Å². The van der Waals surface area contributed by atoms with Crippen LogP contribution in [0.5, 0.6) is 5.75 Å². The van der Waals surface area contributed by atoms with Gasteiger partial charge in [-0.25, -0.2) is 13.8 Å². The smallest absolute Gasteiger partial charge is 0.124 e. The lowest BCUT2D eigenvalue weighted by atomic mass is 9.95. The molecule has 6 heteroatoms. The fraction of sp³-hybridized carbons (Fsp3) is 0.211. The molecule has 130 valence electrons. The monoisotopic (exact) mass is 362 g/mol. The first kappa shape index (κ1) is 17.4. The summed E-state index contributed by atoms with van der Waals surface area (Å²) in [6.45, 7) is 1.08. The van der Waals surface area contributed by atoms with E-state index in [2.05, 4.69) is 4.98 Å². The SMILES string of the molecule is Fc1ccc(OCCC(Cn2ccnc2)c2ccc(F)cc2Cl)cc1. The number of hydrogen-bond acceptors (Lipinski definition) is 2. The van der Waals surface area contributed by atoms with Crippen LogP contribution < -0.4 is 4.74 Å². The van der Waals surface area contributed by atoms with Crippen molar-refractivity contribution in [1.82, 2.24) is 9.55 Å². The van der Waals surface area contributed by atoms with E-state index in [1.54, 1.807) is 30.7 Å². The summed E-state index contributed by atoms with van der Waals surface area (Å²) in [5.41, 5.74) is 0.861. The van der Waals surface area contributed by atoms with Crippen molar-refractivity contribution in [3.8, 4) is 5.75 Å². The van der Waals surface area contributed by atoms with Gasteiger partial charge < -0.3 is 9.30 Å². The normalized spacial score (nSPS) is 12.1. The third-order valence-electron chi connectivity index (χ3n) is 3.94. The summed E-state index contributed by atoms with van der Waals surface area (Å²) >= 11 is 6.23. The molecule has 25 heavy (non-hydrogen) atoms. The van der Waals surface area contributed by atoms with E-state index >= 15 is 0 Å². The maximum atomic E-state index is 13.3. The van der Waals surface area contributed by atoms with Crippen LogP contribution in [-0.4, -0.2) is 16.2 Å². The average Bonchev–Trinajstić information content (AvgIpc) is 3.09. The van der Waals surface area contributed by atoms with Gasteiger partial charge in [0.25, 0.3) is 0 Å². The molecule has 1 aromatic heterocycles.